The molecule has 21 heavy (non-hydrogen) atoms. The number of carboxylic acid groups (broad SMARTS) is 1. The molecule has 0 saturated heterocycles. The zero-order chi connectivity index (χ0) is 15.8. The Morgan fingerprint density at radius 2 is 1.95 bits per heavy atom. The fourth-order valence-corrected chi connectivity index (χ4v) is 2.76. The van der Waals surface area contributed by atoms with Crippen molar-refractivity contribution in [1.29, 1.82) is 0 Å². The largest absolute Gasteiger partial charge is 0.476 e. The predicted molar refractivity (Wildman–Crippen MR) is 78.4 cm³/mol. The smallest absolute Gasteiger partial charge is 0.410 e. The van der Waals surface area contributed by atoms with Crippen molar-refractivity contribution in [2.45, 2.75) is 39.3 Å². The number of carbonyl (C=O) groups excluding carboxylic acids is 1. The number of amides is 1. The summed E-state index contributed by atoms with van der Waals surface area (Å²) in [5.74, 6) is -1.06. The van der Waals surface area contributed by atoms with Gasteiger partial charge in [-0.2, -0.15) is 0 Å². The van der Waals surface area contributed by atoms with Gasteiger partial charge in [-0.05, 0) is 36.7 Å². The fraction of sp³-hybridized carbons (Fsp3) is 0.615. The second-order valence-corrected chi connectivity index (χ2v) is 6.56. The van der Waals surface area contributed by atoms with E-state index in [0.717, 1.165) is 0 Å². The average molecular weight is 360 g/mol. The van der Waals surface area contributed by atoms with E-state index >= 15 is 0 Å². The molecule has 2 rings (SSSR count). The number of aromatic carboxylic acids is 1. The van der Waals surface area contributed by atoms with Gasteiger partial charge in [-0.25, -0.2) is 14.6 Å². The van der Waals surface area contributed by atoms with Gasteiger partial charge in [0.15, 0.2) is 10.4 Å². The Bertz CT molecular complexity index is 577. The minimum atomic E-state index is -1.06. The third-order valence-electron chi connectivity index (χ3n) is 3.09. The Kier molecular flexibility index (Phi) is 4.27. The van der Waals surface area contributed by atoms with Gasteiger partial charge in [0.05, 0.1) is 5.69 Å². The number of imidazole rings is 1. The molecule has 1 N–H and O–H groups in total. The van der Waals surface area contributed by atoms with Crippen molar-refractivity contribution in [2.24, 2.45) is 0 Å². The lowest BCUT2D eigenvalue weighted by Crippen LogP contribution is -2.38. The van der Waals surface area contributed by atoms with E-state index in [1.165, 1.54) is 0 Å². The molecule has 0 aromatic carbocycles. The highest BCUT2D eigenvalue weighted by atomic mass is 79.9. The van der Waals surface area contributed by atoms with Crippen LogP contribution in [-0.2, 0) is 17.7 Å². The fourth-order valence-electron chi connectivity index (χ4n) is 2.19. The normalized spacial score (nSPS) is 15.3. The summed E-state index contributed by atoms with van der Waals surface area (Å²) in [4.78, 5) is 28.9. The molecule has 0 atom stereocenters. The van der Waals surface area contributed by atoms with Crippen LogP contribution >= 0.6 is 15.9 Å². The van der Waals surface area contributed by atoms with E-state index in [2.05, 4.69) is 20.9 Å². The molecule has 0 saturated carbocycles. The van der Waals surface area contributed by atoms with Crippen molar-refractivity contribution in [1.82, 2.24) is 14.5 Å². The minimum Gasteiger partial charge on any atom is -0.476 e. The molecule has 0 spiro atoms. The summed E-state index contributed by atoms with van der Waals surface area (Å²) in [6.07, 6.45) is 0.0497. The quantitative estimate of drug-likeness (QED) is 0.830. The number of aromatic nitrogens is 2. The van der Waals surface area contributed by atoms with E-state index < -0.39 is 11.6 Å². The van der Waals surface area contributed by atoms with Gasteiger partial charge in [0.1, 0.15) is 5.60 Å². The first-order valence-electron chi connectivity index (χ1n) is 6.65. The molecule has 1 aromatic rings. The second kappa shape index (κ2) is 5.67. The molecule has 0 unspecified atom stereocenters. The monoisotopic (exact) mass is 359 g/mol. The van der Waals surface area contributed by atoms with Crippen molar-refractivity contribution in [3.8, 4) is 0 Å². The van der Waals surface area contributed by atoms with E-state index in [4.69, 9.17) is 4.74 Å². The number of fused-ring (bicyclic) bond motifs is 1. The number of carboxylic acids is 1. The molecule has 0 aliphatic carbocycles. The molecule has 7 nitrogen and oxygen atoms in total. The van der Waals surface area contributed by atoms with E-state index in [9.17, 15) is 14.7 Å². The number of rotatable bonds is 1. The first kappa shape index (κ1) is 15.8. The van der Waals surface area contributed by atoms with Crippen LogP contribution in [0.25, 0.3) is 0 Å². The summed E-state index contributed by atoms with van der Waals surface area (Å²) in [7, 11) is 0. The Hall–Kier alpha value is -1.57. The predicted octanol–water partition coefficient (Wildman–Crippen LogP) is 2.14. The molecule has 116 valence electrons. The van der Waals surface area contributed by atoms with E-state index in [1.54, 1.807) is 9.47 Å². The van der Waals surface area contributed by atoms with Crippen LogP contribution < -0.4 is 0 Å². The summed E-state index contributed by atoms with van der Waals surface area (Å²) in [6.45, 7) is 6.79. The molecular weight excluding hydrogens is 342 g/mol. The van der Waals surface area contributed by atoms with Crippen molar-refractivity contribution >= 4 is 28.0 Å². The Balaban J connectivity index is 2.16. The maximum Gasteiger partial charge on any atom is 0.410 e. The van der Waals surface area contributed by atoms with Gasteiger partial charge in [0.25, 0.3) is 0 Å². The summed E-state index contributed by atoms with van der Waals surface area (Å²) in [5, 5.41) is 9.17. The van der Waals surface area contributed by atoms with Gasteiger partial charge in [0.2, 0.25) is 0 Å². The summed E-state index contributed by atoms with van der Waals surface area (Å²) < 4.78 is 7.61. The van der Waals surface area contributed by atoms with Crippen LogP contribution in [0.15, 0.2) is 4.73 Å². The number of halogens is 1. The highest BCUT2D eigenvalue weighted by Crippen LogP contribution is 2.21. The molecule has 0 radical (unpaired) electrons. The zero-order valence-corrected chi connectivity index (χ0v) is 13.8. The third kappa shape index (κ3) is 3.55. The highest BCUT2D eigenvalue weighted by Gasteiger charge is 2.28. The standard InChI is InChI=1S/C13H18BrN3O4/c1-13(2,3)21-12(20)16-5-4-8-9(10(18)19)15-11(14)17(8)7-6-16/h4-7H2,1-3H3,(H,18,19). The van der Waals surface area contributed by atoms with Crippen LogP contribution in [-0.4, -0.2) is 50.3 Å². The van der Waals surface area contributed by atoms with Crippen molar-refractivity contribution in [3.05, 3.63) is 16.1 Å². The first-order chi connectivity index (χ1) is 9.69. The lowest BCUT2D eigenvalue weighted by molar-refractivity contribution is 0.0254. The van der Waals surface area contributed by atoms with Crippen LogP contribution in [0, 0.1) is 0 Å². The maximum absolute atomic E-state index is 12.1. The lowest BCUT2D eigenvalue weighted by atomic mass is 10.2. The van der Waals surface area contributed by atoms with Crippen LogP contribution in [0.2, 0.25) is 0 Å². The van der Waals surface area contributed by atoms with Gasteiger partial charge < -0.3 is 19.3 Å². The van der Waals surface area contributed by atoms with Crippen LogP contribution in [0.3, 0.4) is 0 Å². The van der Waals surface area contributed by atoms with Gasteiger partial charge in [0, 0.05) is 26.1 Å². The number of hydrogen-bond donors (Lipinski definition) is 1. The summed E-state index contributed by atoms with van der Waals surface area (Å²) >= 11 is 3.27. The van der Waals surface area contributed by atoms with Gasteiger partial charge in [-0.1, -0.05) is 0 Å². The molecule has 8 heteroatoms. The summed E-state index contributed by atoms with van der Waals surface area (Å²) in [5.41, 5.74) is 0.112. The number of hydrogen-bond acceptors (Lipinski definition) is 4. The summed E-state index contributed by atoms with van der Waals surface area (Å²) in [6, 6.07) is 0. The van der Waals surface area contributed by atoms with Crippen LogP contribution in [0.4, 0.5) is 4.79 Å². The molecule has 1 amide bonds. The van der Waals surface area contributed by atoms with E-state index in [-0.39, 0.29) is 11.8 Å². The molecule has 1 aliphatic heterocycles. The molecular formula is C13H18BrN3O4. The van der Waals surface area contributed by atoms with E-state index in [0.29, 0.717) is 36.5 Å². The highest BCUT2D eigenvalue weighted by molar-refractivity contribution is 9.10. The van der Waals surface area contributed by atoms with Crippen molar-refractivity contribution < 1.29 is 19.4 Å². The second-order valence-electron chi connectivity index (χ2n) is 5.85. The van der Waals surface area contributed by atoms with Gasteiger partial charge >= 0.3 is 12.1 Å². The average Bonchev–Trinajstić information content (AvgIpc) is 2.54. The minimum absolute atomic E-state index is 0.0351. The Labute approximate surface area is 131 Å². The SMILES string of the molecule is CC(C)(C)OC(=O)N1CCc2c(C(=O)O)nc(Br)n2CC1. The third-order valence-corrected chi connectivity index (χ3v) is 3.70. The van der Waals surface area contributed by atoms with Crippen LogP contribution in [0.5, 0.6) is 0 Å². The molecule has 0 bridgehead atoms. The molecule has 2 heterocycles. The number of ether oxygens (including phenoxy) is 1. The van der Waals surface area contributed by atoms with Gasteiger partial charge in [-0.15, -0.1) is 0 Å². The number of nitrogens with zero attached hydrogens (tertiary/aromatic N) is 3. The van der Waals surface area contributed by atoms with Crippen LogP contribution in [0.1, 0.15) is 37.0 Å². The van der Waals surface area contributed by atoms with E-state index in [1.807, 2.05) is 20.8 Å². The number of carbonyl (C=O) groups is 2. The Morgan fingerprint density at radius 1 is 1.29 bits per heavy atom. The van der Waals surface area contributed by atoms with Gasteiger partial charge in [-0.3, -0.25) is 0 Å². The Morgan fingerprint density at radius 3 is 2.52 bits per heavy atom. The topological polar surface area (TPSA) is 84.7 Å². The molecule has 1 aromatic heterocycles. The lowest BCUT2D eigenvalue weighted by Gasteiger charge is -2.26. The molecule has 0 fully saturated rings. The van der Waals surface area contributed by atoms with Crippen molar-refractivity contribution in [3.63, 3.8) is 0 Å². The first-order valence-corrected chi connectivity index (χ1v) is 7.44. The molecule has 1 aliphatic rings. The maximum atomic E-state index is 12.1. The zero-order valence-electron chi connectivity index (χ0n) is 12.2. The van der Waals surface area contributed by atoms with Crippen molar-refractivity contribution in [2.75, 3.05) is 13.1 Å².